The molecule has 1 rings (SSSR count). The Hall–Kier alpha value is -1.10. The van der Waals surface area contributed by atoms with Gasteiger partial charge >= 0.3 is 0 Å². The lowest BCUT2D eigenvalue weighted by atomic mass is 10.2. The van der Waals surface area contributed by atoms with E-state index in [2.05, 4.69) is 10.6 Å². The molecule has 5 heteroatoms. The number of ether oxygens (including phenoxy) is 1. The number of carbonyl (C=O) groups excluding carboxylic acids is 1. The van der Waals surface area contributed by atoms with Gasteiger partial charge in [0.25, 0.3) is 0 Å². The molecule has 0 aliphatic carbocycles. The van der Waals surface area contributed by atoms with Crippen molar-refractivity contribution >= 4 is 24.0 Å². The molecule has 0 bridgehead atoms. The van der Waals surface area contributed by atoms with Crippen LogP contribution in [-0.4, -0.2) is 25.6 Å². The number of rotatable bonds is 6. The first kappa shape index (κ1) is 16.9. The molecule has 4 nitrogen and oxygen atoms in total. The van der Waals surface area contributed by atoms with Crippen LogP contribution in [0.2, 0.25) is 0 Å². The van der Waals surface area contributed by atoms with Crippen molar-refractivity contribution in [2.24, 2.45) is 0 Å². The van der Waals surface area contributed by atoms with E-state index in [-0.39, 0.29) is 24.4 Å². The van der Waals surface area contributed by atoms with Crippen molar-refractivity contribution in [2.75, 3.05) is 18.9 Å². The number of likely N-dealkylation sites (N-methyl/N-ethyl adjacent to an activating group) is 1. The second-order valence-electron chi connectivity index (χ2n) is 4.14. The second kappa shape index (κ2) is 8.91. The molecular weight excluding hydrogens is 252 g/mol. The van der Waals surface area contributed by atoms with Crippen LogP contribution in [0, 0.1) is 0 Å². The van der Waals surface area contributed by atoms with E-state index in [4.69, 9.17) is 4.74 Å². The van der Waals surface area contributed by atoms with Gasteiger partial charge in [-0.1, -0.05) is 12.1 Å². The first-order valence-electron chi connectivity index (χ1n) is 5.77. The van der Waals surface area contributed by atoms with E-state index in [1.165, 1.54) is 0 Å². The quantitative estimate of drug-likeness (QED) is 0.835. The maximum atomic E-state index is 11.3. The lowest BCUT2D eigenvalue weighted by Crippen LogP contribution is -2.24. The third kappa shape index (κ3) is 6.59. The zero-order valence-electron chi connectivity index (χ0n) is 11.0. The number of amides is 1. The van der Waals surface area contributed by atoms with Crippen molar-refractivity contribution in [1.82, 2.24) is 5.32 Å². The van der Waals surface area contributed by atoms with Gasteiger partial charge in [-0.2, -0.15) is 0 Å². The van der Waals surface area contributed by atoms with Crippen molar-refractivity contribution in [3.05, 3.63) is 29.8 Å². The summed E-state index contributed by atoms with van der Waals surface area (Å²) >= 11 is 0. The molecule has 0 aliphatic heterocycles. The average molecular weight is 273 g/mol. The zero-order chi connectivity index (χ0) is 12.7. The van der Waals surface area contributed by atoms with Gasteiger partial charge in [-0.25, -0.2) is 0 Å². The van der Waals surface area contributed by atoms with Crippen LogP contribution < -0.4 is 10.6 Å². The van der Waals surface area contributed by atoms with E-state index < -0.39 is 0 Å². The van der Waals surface area contributed by atoms with Crippen LogP contribution in [0.25, 0.3) is 0 Å². The van der Waals surface area contributed by atoms with E-state index in [0.29, 0.717) is 13.2 Å². The Kier molecular flexibility index (Phi) is 8.37. The van der Waals surface area contributed by atoms with Crippen molar-refractivity contribution < 1.29 is 9.53 Å². The number of carbonyl (C=O) groups is 1. The Balaban J connectivity index is 0.00000289. The Bertz CT molecular complexity index is 353. The third-order valence-electron chi connectivity index (χ3n) is 2.16. The van der Waals surface area contributed by atoms with Crippen LogP contribution in [0.5, 0.6) is 0 Å². The Morgan fingerprint density at radius 3 is 2.39 bits per heavy atom. The summed E-state index contributed by atoms with van der Waals surface area (Å²) in [4.78, 5) is 11.3. The molecule has 0 aromatic heterocycles. The molecule has 0 radical (unpaired) electrons. The standard InChI is InChI=1S/C13H20N2O2.ClH/c1-10(2)17-9-11-4-6-12(7-5-11)15-13(16)8-14-3;/h4-7,10,14H,8-9H2,1-3H3,(H,15,16);1H. The zero-order valence-corrected chi connectivity index (χ0v) is 11.8. The van der Waals surface area contributed by atoms with Crippen LogP contribution in [0.4, 0.5) is 5.69 Å². The molecule has 0 atom stereocenters. The van der Waals surface area contributed by atoms with Gasteiger partial charge in [0.15, 0.2) is 0 Å². The highest BCUT2D eigenvalue weighted by Crippen LogP contribution is 2.10. The van der Waals surface area contributed by atoms with Gasteiger partial charge in [0.1, 0.15) is 0 Å². The summed E-state index contributed by atoms with van der Waals surface area (Å²) in [7, 11) is 1.74. The van der Waals surface area contributed by atoms with E-state index in [1.54, 1.807) is 7.05 Å². The fraction of sp³-hybridized carbons (Fsp3) is 0.462. The van der Waals surface area contributed by atoms with E-state index in [0.717, 1.165) is 11.3 Å². The molecule has 0 unspecified atom stereocenters. The molecule has 1 amide bonds. The SMILES string of the molecule is CNCC(=O)Nc1ccc(COC(C)C)cc1.Cl. The summed E-state index contributed by atoms with van der Waals surface area (Å²) < 4.78 is 5.49. The first-order chi connectivity index (χ1) is 8.11. The number of hydrogen-bond donors (Lipinski definition) is 2. The summed E-state index contributed by atoms with van der Waals surface area (Å²) in [6.07, 6.45) is 0.227. The van der Waals surface area contributed by atoms with E-state index in [1.807, 2.05) is 38.1 Å². The van der Waals surface area contributed by atoms with E-state index >= 15 is 0 Å². The number of halogens is 1. The fourth-order valence-electron chi connectivity index (χ4n) is 1.31. The van der Waals surface area contributed by atoms with Gasteiger partial charge in [-0.15, -0.1) is 12.4 Å². The number of anilines is 1. The molecule has 18 heavy (non-hydrogen) atoms. The Morgan fingerprint density at radius 2 is 1.89 bits per heavy atom. The minimum absolute atomic E-state index is 0. The van der Waals surface area contributed by atoms with Gasteiger partial charge in [0.05, 0.1) is 19.3 Å². The predicted octanol–water partition coefficient (Wildman–Crippen LogP) is 2.19. The molecule has 0 fully saturated rings. The molecular formula is C13H21ClN2O2. The maximum absolute atomic E-state index is 11.3. The Labute approximate surface area is 115 Å². The highest BCUT2D eigenvalue weighted by Gasteiger charge is 2.01. The van der Waals surface area contributed by atoms with Crippen LogP contribution in [-0.2, 0) is 16.1 Å². The first-order valence-corrected chi connectivity index (χ1v) is 5.77. The van der Waals surface area contributed by atoms with E-state index in [9.17, 15) is 4.79 Å². The summed E-state index contributed by atoms with van der Waals surface area (Å²) in [5, 5.41) is 5.59. The molecule has 2 N–H and O–H groups in total. The van der Waals surface area contributed by atoms with Crippen molar-refractivity contribution in [3.63, 3.8) is 0 Å². The lowest BCUT2D eigenvalue weighted by Gasteiger charge is -2.09. The van der Waals surface area contributed by atoms with Gasteiger partial charge in [-0.05, 0) is 38.6 Å². The fourth-order valence-corrected chi connectivity index (χ4v) is 1.31. The van der Waals surface area contributed by atoms with Crippen molar-refractivity contribution in [1.29, 1.82) is 0 Å². The predicted molar refractivity (Wildman–Crippen MR) is 76.2 cm³/mol. The number of hydrogen-bond acceptors (Lipinski definition) is 3. The van der Waals surface area contributed by atoms with Gasteiger partial charge in [-0.3, -0.25) is 4.79 Å². The van der Waals surface area contributed by atoms with Crippen molar-refractivity contribution in [3.8, 4) is 0 Å². The topological polar surface area (TPSA) is 50.4 Å². The Morgan fingerprint density at radius 1 is 1.28 bits per heavy atom. The molecule has 0 heterocycles. The smallest absolute Gasteiger partial charge is 0.238 e. The molecule has 0 saturated carbocycles. The third-order valence-corrected chi connectivity index (χ3v) is 2.16. The monoisotopic (exact) mass is 272 g/mol. The minimum atomic E-state index is -0.0429. The van der Waals surface area contributed by atoms with Crippen LogP contribution in [0.15, 0.2) is 24.3 Å². The summed E-state index contributed by atoms with van der Waals surface area (Å²) in [5.41, 5.74) is 1.91. The molecule has 1 aromatic carbocycles. The van der Waals surface area contributed by atoms with Crippen LogP contribution in [0.1, 0.15) is 19.4 Å². The highest BCUT2D eigenvalue weighted by atomic mass is 35.5. The molecule has 0 saturated heterocycles. The highest BCUT2D eigenvalue weighted by molar-refractivity contribution is 5.92. The van der Waals surface area contributed by atoms with Gasteiger partial charge in [0, 0.05) is 5.69 Å². The number of nitrogens with one attached hydrogen (secondary N) is 2. The summed E-state index contributed by atoms with van der Waals surface area (Å²) in [6.45, 7) is 4.93. The largest absolute Gasteiger partial charge is 0.374 e. The molecule has 0 aliphatic rings. The van der Waals surface area contributed by atoms with Gasteiger partial charge < -0.3 is 15.4 Å². The maximum Gasteiger partial charge on any atom is 0.238 e. The van der Waals surface area contributed by atoms with Gasteiger partial charge in [0.2, 0.25) is 5.91 Å². The number of benzene rings is 1. The van der Waals surface area contributed by atoms with Crippen molar-refractivity contribution in [2.45, 2.75) is 26.6 Å². The minimum Gasteiger partial charge on any atom is -0.374 e. The summed E-state index contributed by atoms with van der Waals surface area (Å²) in [6, 6.07) is 7.67. The lowest BCUT2D eigenvalue weighted by molar-refractivity contribution is -0.115. The molecule has 0 spiro atoms. The van der Waals surface area contributed by atoms with Crippen LogP contribution in [0.3, 0.4) is 0 Å². The molecule has 1 aromatic rings. The molecule has 102 valence electrons. The average Bonchev–Trinajstić information content (AvgIpc) is 2.28. The summed E-state index contributed by atoms with van der Waals surface area (Å²) in [5.74, 6) is -0.0429. The van der Waals surface area contributed by atoms with Crippen LogP contribution >= 0.6 is 12.4 Å². The normalized spacial score (nSPS) is 10.0. The second-order valence-corrected chi connectivity index (χ2v) is 4.14.